The number of benzene rings is 1. The molecule has 1 heterocycles. The Labute approximate surface area is 182 Å². The third kappa shape index (κ3) is 9.99. The lowest BCUT2D eigenvalue weighted by Crippen LogP contribution is -2.38. The van der Waals surface area contributed by atoms with Gasteiger partial charge in [0.25, 0.3) is 0 Å². The molecular formula is C22H33NO8. The van der Waals surface area contributed by atoms with Gasteiger partial charge >= 0.3 is 12.1 Å². The third-order valence-electron chi connectivity index (χ3n) is 4.29. The van der Waals surface area contributed by atoms with Crippen molar-refractivity contribution in [3.63, 3.8) is 0 Å². The van der Waals surface area contributed by atoms with Gasteiger partial charge in [0.15, 0.2) is 12.3 Å². The number of nitrogens with one attached hydrogen (secondary N) is 1. The maximum atomic E-state index is 11.9. The van der Waals surface area contributed by atoms with Gasteiger partial charge in [0.1, 0.15) is 18.0 Å². The molecule has 174 valence electrons. The lowest BCUT2D eigenvalue weighted by molar-refractivity contribution is -0.169. The highest BCUT2D eigenvalue weighted by Crippen LogP contribution is 2.19. The number of aliphatic carboxylic acids is 1. The maximum absolute atomic E-state index is 11.9. The minimum atomic E-state index is -1.22. The van der Waals surface area contributed by atoms with E-state index in [1.165, 1.54) is 0 Å². The molecule has 0 bridgehead atoms. The predicted octanol–water partition coefficient (Wildman–Crippen LogP) is 3.28. The van der Waals surface area contributed by atoms with Gasteiger partial charge in [-0.25, -0.2) is 9.59 Å². The number of alkyl carbamates (subject to hydrolysis) is 1. The van der Waals surface area contributed by atoms with E-state index in [2.05, 4.69) is 5.32 Å². The Morgan fingerprint density at radius 3 is 2.45 bits per heavy atom. The lowest BCUT2D eigenvalue weighted by Gasteiger charge is -2.22. The zero-order valence-corrected chi connectivity index (χ0v) is 18.4. The van der Waals surface area contributed by atoms with Crippen molar-refractivity contribution in [1.82, 2.24) is 5.32 Å². The van der Waals surface area contributed by atoms with Gasteiger partial charge in [-0.2, -0.15) is 0 Å². The van der Waals surface area contributed by atoms with E-state index in [1.807, 2.05) is 0 Å². The standard InChI is InChI=1S/C22H33NO8/c1-22(2,3)31-21(26)23-19(20(24)25)16-7-9-17(10-8-16)28-14-12-27-13-15-30-18-6-4-5-11-29-18/h7-10,18-19H,4-6,11-15H2,1-3H3,(H,23,26)(H,24,25)/t18-,19?/m1/s1. The highest BCUT2D eigenvalue weighted by atomic mass is 16.7. The molecule has 1 aromatic rings. The Kier molecular flexibility index (Phi) is 10.0. The van der Waals surface area contributed by atoms with Crippen molar-refractivity contribution in [2.45, 2.75) is 58.0 Å². The molecule has 1 amide bonds. The molecule has 1 saturated heterocycles. The monoisotopic (exact) mass is 439 g/mol. The first-order valence-corrected chi connectivity index (χ1v) is 10.5. The molecule has 2 atom stereocenters. The first-order valence-electron chi connectivity index (χ1n) is 10.5. The number of hydrogen-bond acceptors (Lipinski definition) is 7. The van der Waals surface area contributed by atoms with Gasteiger partial charge in [0, 0.05) is 6.61 Å². The summed E-state index contributed by atoms with van der Waals surface area (Å²) in [6, 6.07) is 5.24. The number of carboxylic acid groups (broad SMARTS) is 1. The molecule has 2 rings (SSSR count). The second kappa shape index (κ2) is 12.5. The Hall–Kier alpha value is -2.36. The summed E-state index contributed by atoms with van der Waals surface area (Å²) in [6.45, 7) is 7.54. The molecule has 1 aliphatic heterocycles. The molecule has 9 nitrogen and oxygen atoms in total. The van der Waals surface area contributed by atoms with Crippen molar-refractivity contribution >= 4 is 12.1 Å². The summed E-state index contributed by atoms with van der Waals surface area (Å²) in [5.74, 6) is -0.616. The van der Waals surface area contributed by atoms with E-state index in [0.29, 0.717) is 37.7 Å². The zero-order chi connectivity index (χ0) is 22.7. The molecular weight excluding hydrogens is 406 g/mol. The highest BCUT2D eigenvalue weighted by Gasteiger charge is 2.25. The average molecular weight is 440 g/mol. The fourth-order valence-electron chi connectivity index (χ4n) is 2.87. The molecule has 1 aliphatic rings. The molecule has 0 radical (unpaired) electrons. The van der Waals surface area contributed by atoms with E-state index in [1.54, 1.807) is 45.0 Å². The van der Waals surface area contributed by atoms with Gasteiger partial charge in [0.05, 0.1) is 19.8 Å². The lowest BCUT2D eigenvalue weighted by atomic mass is 10.1. The molecule has 9 heteroatoms. The van der Waals surface area contributed by atoms with Crippen molar-refractivity contribution in [2.24, 2.45) is 0 Å². The summed E-state index contributed by atoms with van der Waals surface area (Å²) in [5.41, 5.74) is -0.313. The fourth-order valence-corrected chi connectivity index (χ4v) is 2.87. The SMILES string of the molecule is CC(C)(C)OC(=O)NC(C(=O)O)c1ccc(OCCOCCO[C@@H]2CCCCO2)cc1. The molecule has 0 spiro atoms. The van der Waals surface area contributed by atoms with E-state index < -0.39 is 23.7 Å². The Morgan fingerprint density at radius 1 is 1.13 bits per heavy atom. The minimum absolute atomic E-state index is 0.119. The summed E-state index contributed by atoms with van der Waals surface area (Å²) < 4.78 is 27.3. The molecule has 1 aromatic carbocycles. The number of carbonyl (C=O) groups excluding carboxylic acids is 1. The Bertz CT molecular complexity index is 680. The summed E-state index contributed by atoms with van der Waals surface area (Å²) in [5, 5.41) is 11.8. The van der Waals surface area contributed by atoms with Gasteiger partial charge in [-0.1, -0.05) is 12.1 Å². The summed E-state index contributed by atoms with van der Waals surface area (Å²) in [6.07, 6.45) is 2.23. The van der Waals surface area contributed by atoms with Crippen LogP contribution in [0.25, 0.3) is 0 Å². The largest absolute Gasteiger partial charge is 0.491 e. The summed E-state index contributed by atoms with van der Waals surface area (Å²) >= 11 is 0. The summed E-state index contributed by atoms with van der Waals surface area (Å²) in [7, 11) is 0. The first-order chi connectivity index (χ1) is 14.7. The van der Waals surface area contributed by atoms with Crippen molar-refractivity contribution < 1.29 is 38.4 Å². The van der Waals surface area contributed by atoms with E-state index in [0.717, 1.165) is 25.9 Å². The van der Waals surface area contributed by atoms with Crippen LogP contribution in [0.5, 0.6) is 5.75 Å². The van der Waals surface area contributed by atoms with Crippen molar-refractivity contribution in [3.8, 4) is 5.75 Å². The maximum Gasteiger partial charge on any atom is 0.408 e. The Morgan fingerprint density at radius 2 is 1.84 bits per heavy atom. The van der Waals surface area contributed by atoms with Crippen LogP contribution < -0.4 is 10.1 Å². The smallest absolute Gasteiger partial charge is 0.408 e. The van der Waals surface area contributed by atoms with Crippen LogP contribution in [0.1, 0.15) is 51.6 Å². The van der Waals surface area contributed by atoms with Gasteiger partial charge in [-0.3, -0.25) is 0 Å². The third-order valence-corrected chi connectivity index (χ3v) is 4.29. The molecule has 1 unspecified atom stereocenters. The first kappa shape index (κ1) is 24.9. The van der Waals surface area contributed by atoms with E-state index >= 15 is 0 Å². The quantitative estimate of drug-likeness (QED) is 0.505. The van der Waals surface area contributed by atoms with Crippen molar-refractivity contribution in [2.75, 3.05) is 33.0 Å². The normalized spacial score (nSPS) is 17.6. The molecule has 0 aromatic heterocycles. The fraction of sp³-hybridized carbons (Fsp3) is 0.636. The number of amides is 1. The second-order valence-corrected chi connectivity index (χ2v) is 8.11. The van der Waals surface area contributed by atoms with E-state index in [4.69, 9.17) is 23.7 Å². The van der Waals surface area contributed by atoms with Crippen molar-refractivity contribution in [3.05, 3.63) is 29.8 Å². The minimum Gasteiger partial charge on any atom is -0.491 e. The van der Waals surface area contributed by atoms with E-state index in [9.17, 15) is 14.7 Å². The number of rotatable bonds is 11. The van der Waals surface area contributed by atoms with Gasteiger partial charge < -0.3 is 34.1 Å². The van der Waals surface area contributed by atoms with Crippen LogP contribution in [-0.2, 0) is 23.7 Å². The van der Waals surface area contributed by atoms with Crippen LogP contribution in [0, 0.1) is 0 Å². The van der Waals surface area contributed by atoms with Gasteiger partial charge in [-0.15, -0.1) is 0 Å². The van der Waals surface area contributed by atoms with Crippen molar-refractivity contribution in [1.29, 1.82) is 0 Å². The highest BCUT2D eigenvalue weighted by molar-refractivity contribution is 5.81. The molecule has 2 N–H and O–H groups in total. The topological polar surface area (TPSA) is 113 Å². The molecule has 1 fully saturated rings. The summed E-state index contributed by atoms with van der Waals surface area (Å²) in [4.78, 5) is 23.5. The van der Waals surface area contributed by atoms with Crippen LogP contribution in [-0.4, -0.2) is 62.1 Å². The number of carboxylic acids is 1. The zero-order valence-electron chi connectivity index (χ0n) is 18.4. The average Bonchev–Trinajstić information content (AvgIpc) is 2.71. The number of ether oxygens (including phenoxy) is 5. The molecule has 0 saturated carbocycles. The van der Waals surface area contributed by atoms with Gasteiger partial charge in [-0.05, 0) is 57.7 Å². The molecule has 31 heavy (non-hydrogen) atoms. The molecule has 0 aliphatic carbocycles. The van der Waals surface area contributed by atoms with E-state index in [-0.39, 0.29) is 6.29 Å². The van der Waals surface area contributed by atoms with Crippen LogP contribution in [0.2, 0.25) is 0 Å². The Balaban J connectivity index is 1.68. The number of carbonyl (C=O) groups is 2. The predicted molar refractivity (Wildman–Crippen MR) is 112 cm³/mol. The second-order valence-electron chi connectivity index (χ2n) is 8.11. The van der Waals surface area contributed by atoms with Crippen LogP contribution in [0.4, 0.5) is 4.79 Å². The van der Waals surface area contributed by atoms with Crippen LogP contribution in [0.3, 0.4) is 0 Å². The van der Waals surface area contributed by atoms with Gasteiger partial charge in [0.2, 0.25) is 0 Å². The van der Waals surface area contributed by atoms with Crippen LogP contribution >= 0.6 is 0 Å². The van der Waals surface area contributed by atoms with Crippen LogP contribution in [0.15, 0.2) is 24.3 Å². The number of hydrogen-bond donors (Lipinski definition) is 2.